The Morgan fingerprint density at radius 1 is 1.64 bits per heavy atom. The first-order chi connectivity index (χ1) is 6.70. The Balaban J connectivity index is 3.16. The van der Waals surface area contributed by atoms with E-state index in [4.69, 9.17) is 4.74 Å². The van der Waals surface area contributed by atoms with Gasteiger partial charge in [-0.15, -0.1) is 0 Å². The fourth-order valence-corrected chi connectivity index (χ4v) is 1.06. The summed E-state index contributed by atoms with van der Waals surface area (Å²) in [6, 6.07) is 2.46. The average Bonchev–Trinajstić information content (AvgIpc) is 2.20. The molecule has 0 aliphatic rings. The van der Waals surface area contributed by atoms with Crippen LogP contribution in [-0.4, -0.2) is 18.3 Å². The first-order valence-corrected chi connectivity index (χ1v) is 3.78. The number of phenols is 1. The molecule has 0 aliphatic heterocycles. The Hall–Kier alpha value is -1.87. The Labute approximate surface area is 79.7 Å². The van der Waals surface area contributed by atoms with Gasteiger partial charge in [-0.2, -0.15) is 0 Å². The van der Waals surface area contributed by atoms with Crippen LogP contribution in [0, 0.1) is 5.82 Å². The van der Waals surface area contributed by atoms with Crippen molar-refractivity contribution in [2.45, 2.75) is 6.54 Å². The Morgan fingerprint density at radius 2 is 2.36 bits per heavy atom. The number of carbonyl (C=O) groups excluding carboxylic acids is 1. The molecule has 14 heavy (non-hydrogen) atoms. The van der Waals surface area contributed by atoms with E-state index in [1.807, 2.05) is 0 Å². The van der Waals surface area contributed by atoms with E-state index in [9.17, 15) is 14.3 Å². The molecule has 0 heterocycles. The number of isocyanates is 1. The molecule has 74 valence electrons. The number of hydrogen-bond donors (Lipinski definition) is 1. The lowest BCUT2D eigenvalue weighted by Crippen LogP contribution is -1.93. The van der Waals surface area contributed by atoms with Gasteiger partial charge in [-0.1, -0.05) is 6.07 Å². The molecule has 1 aromatic carbocycles. The largest absolute Gasteiger partial charge is 0.502 e. The first-order valence-electron chi connectivity index (χ1n) is 3.78. The molecule has 4 nitrogen and oxygen atoms in total. The van der Waals surface area contributed by atoms with E-state index in [0.717, 1.165) is 6.07 Å². The molecule has 1 aromatic rings. The van der Waals surface area contributed by atoms with E-state index in [2.05, 4.69) is 4.99 Å². The number of benzene rings is 1. The monoisotopic (exact) mass is 197 g/mol. The zero-order chi connectivity index (χ0) is 10.6. The van der Waals surface area contributed by atoms with E-state index in [1.54, 1.807) is 0 Å². The molecular formula is C9H8FNO3. The van der Waals surface area contributed by atoms with E-state index in [-0.39, 0.29) is 12.3 Å². The Bertz CT molecular complexity index is 386. The van der Waals surface area contributed by atoms with Crippen LogP contribution in [0.2, 0.25) is 0 Å². The number of phenolic OH excluding ortho intramolecular Hbond substituents is 1. The summed E-state index contributed by atoms with van der Waals surface area (Å²) in [4.78, 5) is 13.2. The summed E-state index contributed by atoms with van der Waals surface area (Å²) in [5, 5.41) is 9.24. The Morgan fingerprint density at radius 3 is 2.93 bits per heavy atom. The summed E-state index contributed by atoms with van der Waals surface area (Å²) in [5.74, 6) is -1.37. The third-order valence-corrected chi connectivity index (χ3v) is 1.68. The van der Waals surface area contributed by atoms with Gasteiger partial charge in [0.1, 0.15) is 0 Å². The predicted octanol–water partition coefficient (Wildman–Crippen LogP) is 1.38. The number of methoxy groups -OCH3 is 1. The first kappa shape index (κ1) is 10.2. The van der Waals surface area contributed by atoms with Crippen LogP contribution >= 0.6 is 0 Å². The second kappa shape index (κ2) is 4.39. The molecule has 0 bridgehead atoms. The van der Waals surface area contributed by atoms with Crippen molar-refractivity contribution in [1.82, 2.24) is 0 Å². The number of aliphatic imine (C=N–C) groups is 1. The van der Waals surface area contributed by atoms with Gasteiger partial charge in [0, 0.05) is 5.56 Å². The van der Waals surface area contributed by atoms with Gasteiger partial charge in [0.25, 0.3) is 0 Å². The van der Waals surface area contributed by atoms with Gasteiger partial charge >= 0.3 is 0 Å². The molecule has 0 saturated carbocycles. The second-order valence-electron chi connectivity index (χ2n) is 2.50. The van der Waals surface area contributed by atoms with Crippen molar-refractivity contribution in [3.05, 3.63) is 23.5 Å². The van der Waals surface area contributed by atoms with Crippen LogP contribution in [-0.2, 0) is 11.3 Å². The SMILES string of the molecule is COc1c(CN=C=O)ccc(F)c1O. The third kappa shape index (κ3) is 1.89. The fraction of sp³-hybridized carbons (Fsp3) is 0.222. The maximum absolute atomic E-state index is 12.8. The number of rotatable bonds is 3. The molecule has 0 spiro atoms. The van der Waals surface area contributed by atoms with Crippen molar-refractivity contribution in [3.8, 4) is 11.5 Å². The van der Waals surface area contributed by atoms with Gasteiger partial charge in [-0.3, -0.25) is 0 Å². The highest BCUT2D eigenvalue weighted by Gasteiger charge is 2.12. The fourth-order valence-electron chi connectivity index (χ4n) is 1.06. The van der Waals surface area contributed by atoms with Crippen molar-refractivity contribution in [2.24, 2.45) is 4.99 Å². The number of nitrogens with zero attached hydrogens (tertiary/aromatic N) is 1. The van der Waals surface area contributed by atoms with Crippen molar-refractivity contribution in [1.29, 1.82) is 0 Å². The number of halogens is 1. The van der Waals surface area contributed by atoms with Crippen LogP contribution in [0.15, 0.2) is 17.1 Å². The maximum Gasteiger partial charge on any atom is 0.235 e. The van der Waals surface area contributed by atoms with E-state index >= 15 is 0 Å². The molecule has 5 heteroatoms. The predicted molar refractivity (Wildman–Crippen MR) is 46.4 cm³/mol. The van der Waals surface area contributed by atoms with Gasteiger partial charge in [-0.05, 0) is 6.07 Å². The van der Waals surface area contributed by atoms with Crippen LogP contribution in [0.25, 0.3) is 0 Å². The van der Waals surface area contributed by atoms with Crippen LogP contribution in [0.1, 0.15) is 5.56 Å². The molecule has 1 rings (SSSR count). The minimum atomic E-state index is -0.777. The zero-order valence-electron chi connectivity index (χ0n) is 7.45. The lowest BCUT2D eigenvalue weighted by molar-refractivity contribution is 0.353. The van der Waals surface area contributed by atoms with Crippen LogP contribution in [0.5, 0.6) is 11.5 Å². The summed E-state index contributed by atoms with van der Waals surface area (Å²) < 4.78 is 17.6. The lowest BCUT2D eigenvalue weighted by Gasteiger charge is -2.07. The van der Waals surface area contributed by atoms with Crippen molar-refractivity contribution in [3.63, 3.8) is 0 Å². The van der Waals surface area contributed by atoms with Gasteiger partial charge in [0.15, 0.2) is 17.3 Å². The molecule has 0 unspecified atom stereocenters. The molecular weight excluding hydrogens is 189 g/mol. The quantitative estimate of drug-likeness (QED) is 0.588. The van der Waals surface area contributed by atoms with Crippen LogP contribution < -0.4 is 4.74 Å². The van der Waals surface area contributed by atoms with E-state index in [0.29, 0.717) is 5.56 Å². The molecule has 0 amide bonds. The van der Waals surface area contributed by atoms with Crippen LogP contribution in [0.4, 0.5) is 4.39 Å². The summed E-state index contributed by atoms with van der Waals surface area (Å²) in [7, 11) is 1.29. The van der Waals surface area contributed by atoms with Gasteiger partial charge in [0.05, 0.1) is 13.7 Å². The smallest absolute Gasteiger partial charge is 0.235 e. The molecule has 0 fully saturated rings. The second-order valence-corrected chi connectivity index (χ2v) is 2.50. The molecule has 0 saturated heterocycles. The van der Waals surface area contributed by atoms with Gasteiger partial charge < -0.3 is 9.84 Å². The minimum absolute atomic E-state index is 0.000509. The molecule has 1 N–H and O–H groups in total. The highest BCUT2D eigenvalue weighted by molar-refractivity contribution is 5.47. The Kier molecular flexibility index (Phi) is 3.20. The number of aromatic hydroxyl groups is 1. The van der Waals surface area contributed by atoms with Crippen molar-refractivity contribution < 1.29 is 19.0 Å². The molecule has 0 aromatic heterocycles. The van der Waals surface area contributed by atoms with E-state index < -0.39 is 11.6 Å². The third-order valence-electron chi connectivity index (χ3n) is 1.68. The highest BCUT2D eigenvalue weighted by Crippen LogP contribution is 2.32. The molecule has 0 aliphatic carbocycles. The van der Waals surface area contributed by atoms with Crippen molar-refractivity contribution >= 4 is 6.08 Å². The topological polar surface area (TPSA) is 58.9 Å². The van der Waals surface area contributed by atoms with Gasteiger partial charge in [0.2, 0.25) is 6.08 Å². The van der Waals surface area contributed by atoms with E-state index in [1.165, 1.54) is 19.3 Å². The van der Waals surface area contributed by atoms with Crippen molar-refractivity contribution in [2.75, 3.05) is 7.11 Å². The molecule has 0 radical (unpaired) electrons. The normalized spacial score (nSPS) is 9.29. The zero-order valence-corrected chi connectivity index (χ0v) is 7.45. The maximum atomic E-state index is 12.8. The standard InChI is InChI=1S/C9H8FNO3/c1-14-9-6(4-11-5-12)2-3-7(10)8(9)13/h2-3,13H,4H2,1H3. The summed E-state index contributed by atoms with van der Waals surface area (Å²) in [6.45, 7) is 0.000509. The highest BCUT2D eigenvalue weighted by atomic mass is 19.1. The summed E-state index contributed by atoms with van der Waals surface area (Å²) in [5.41, 5.74) is 0.426. The molecule has 0 atom stereocenters. The number of hydrogen-bond acceptors (Lipinski definition) is 4. The number of ether oxygens (including phenoxy) is 1. The van der Waals surface area contributed by atoms with Gasteiger partial charge in [-0.25, -0.2) is 14.2 Å². The average molecular weight is 197 g/mol. The van der Waals surface area contributed by atoms with Crippen LogP contribution in [0.3, 0.4) is 0 Å². The lowest BCUT2D eigenvalue weighted by atomic mass is 10.2. The summed E-state index contributed by atoms with van der Waals surface area (Å²) in [6.07, 6.45) is 1.35. The minimum Gasteiger partial charge on any atom is -0.502 e. The summed E-state index contributed by atoms with van der Waals surface area (Å²) >= 11 is 0.